The Kier molecular flexibility index (Phi) is 5.57. The van der Waals surface area contributed by atoms with E-state index in [1.54, 1.807) is 22.7 Å². The first kappa shape index (κ1) is 18.1. The second kappa shape index (κ2) is 7.69. The predicted molar refractivity (Wildman–Crippen MR) is 103 cm³/mol. The van der Waals surface area contributed by atoms with Gasteiger partial charge in [-0.05, 0) is 54.7 Å². The Balaban J connectivity index is 1.65. The molecule has 0 saturated carbocycles. The molecule has 0 aliphatic heterocycles. The largest absolute Gasteiger partial charge is 0.325 e. The monoisotopic (exact) mass is 374 g/mol. The molecule has 25 heavy (non-hydrogen) atoms. The van der Waals surface area contributed by atoms with Crippen LogP contribution < -0.4 is 10.2 Å². The van der Waals surface area contributed by atoms with E-state index in [0.29, 0.717) is 18.0 Å². The second-order valence-corrected chi connectivity index (χ2v) is 9.16. The highest BCUT2D eigenvalue weighted by molar-refractivity contribution is 7.16. The third-order valence-corrected chi connectivity index (χ3v) is 6.96. The fourth-order valence-electron chi connectivity index (χ4n) is 3.32. The molecule has 1 aliphatic carbocycles. The highest BCUT2D eigenvalue weighted by atomic mass is 32.1. The third kappa shape index (κ3) is 4.12. The lowest BCUT2D eigenvalue weighted by Gasteiger charge is -2.17. The Hall–Kier alpha value is -1.68. The van der Waals surface area contributed by atoms with Gasteiger partial charge in [0.15, 0.2) is 6.54 Å². The molecule has 0 aromatic carbocycles. The molecule has 4 nitrogen and oxygen atoms in total. The van der Waals surface area contributed by atoms with E-state index in [4.69, 9.17) is 0 Å². The van der Waals surface area contributed by atoms with Crippen molar-refractivity contribution in [3.8, 4) is 6.07 Å². The minimum Gasteiger partial charge on any atom is -0.325 e. The van der Waals surface area contributed by atoms with Gasteiger partial charge in [0, 0.05) is 4.88 Å². The Morgan fingerprint density at radius 1 is 1.52 bits per heavy atom. The Bertz CT molecular complexity index is 815. The predicted octanol–water partition coefficient (Wildman–Crippen LogP) is 2.77. The van der Waals surface area contributed by atoms with Crippen LogP contribution in [0.4, 0.5) is 5.00 Å². The first-order valence-electron chi connectivity index (χ1n) is 8.66. The first-order valence-corrected chi connectivity index (χ1v) is 10.4. The van der Waals surface area contributed by atoms with Crippen molar-refractivity contribution in [1.82, 2.24) is 0 Å². The molecule has 2 aromatic heterocycles. The van der Waals surface area contributed by atoms with Gasteiger partial charge in [-0.3, -0.25) is 4.79 Å². The molecule has 2 aromatic rings. The maximum atomic E-state index is 12.5. The lowest BCUT2D eigenvalue weighted by atomic mass is 9.89. The Labute approximate surface area is 157 Å². The number of nitrogens with zero attached hydrogens (tertiary/aromatic N) is 1. The van der Waals surface area contributed by atoms with Crippen LogP contribution in [0.25, 0.3) is 0 Å². The zero-order valence-corrected chi connectivity index (χ0v) is 16.6. The Morgan fingerprint density at radius 3 is 3.00 bits per heavy atom. The molecule has 1 aliphatic rings. The highest BCUT2D eigenvalue weighted by Gasteiger charge is 2.25. The second-order valence-electron chi connectivity index (χ2n) is 7.05. The number of thiophene rings is 2. The molecule has 0 bridgehead atoms. The number of carbonyl (C=O) groups is 1. The number of quaternary nitrogens is 1. The molecule has 0 radical (unpaired) electrons. The lowest BCUT2D eigenvalue weighted by Crippen LogP contribution is -3.08. The van der Waals surface area contributed by atoms with E-state index in [9.17, 15) is 10.1 Å². The number of anilines is 1. The summed E-state index contributed by atoms with van der Waals surface area (Å²) in [4.78, 5) is 16.2. The number of nitrogens with one attached hydrogen (secondary N) is 2. The van der Waals surface area contributed by atoms with Gasteiger partial charge in [-0.1, -0.05) is 6.92 Å². The lowest BCUT2D eigenvalue weighted by molar-refractivity contribution is -0.884. The number of carbonyl (C=O) groups excluding carboxylic acids is 1. The van der Waals surface area contributed by atoms with Crippen LogP contribution in [-0.4, -0.2) is 19.5 Å². The fraction of sp³-hybridized carbons (Fsp3) is 0.474. The fourth-order valence-corrected chi connectivity index (χ4v) is 5.72. The summed E-state index contributed by atoms with van der Waals surface area (Å²) in [6.07, 6.45) is 3.10. The average molecular weight is 375 g/mol. The molecule has 0 fully saturated rings. The maximum Gasteiger partial charge on any atom is 0.280 e. The van der Waals surface area contributed by atoms with E-state index in [2.05, 4.69) is 36.7 Å². The number of hydrogen-bond acceptors (Lipinski definition) is 4. The van der Waals surface area contributed by atoms with Crippen LogP contribution >= 0.6 is 22.7 Å². The molecule has 0 saturated heterocycles. The van der Waals surface area contributed by atoms with Gasteiger partial charge >= 0.3 is 0 Å². The average Bonchev–Trinajstić information content (AvgIpc) is 3.09. The number of nitriles is 1. The number of hydrogen-bond donors (Lipinski definition) is 2. The molecule has 2 N–H and O–H groups in total. The van der Waals surface area contributed by atoms with E-state index >= 15 is 0 Å². The molecule has 2 atom stereocenters. The number of aryl methyl sites for hydroxylation is 1. The van der Waals surface area contributed by atoms with Crippen LogP contribution in [-0.2, 0) is 24.2 Å². The zero-order valence-electron chi connectivity index (χ0n) is 14.9. The summed E-state index contributed by atoms with van der Waals surface area (Å²) in [5.41, 5.74) is 3.14. The summed E-state index contributed by atoms with van der Waals surface area (Å²) in [6.45, 7) is 5.61. The van der Waals surface area contributed by atoms with Gasteiger partial charge in [0.05, 0.1) is 17.5 Å². The van der Waals surface area contributed by atoms with Gasteiger partial charge in [0.2, 0.25) is 0 Å². The molecule has 2 heterocycles. The summed E-state index contributed by atoms with van der Waals surface area (Å²) in [5, 5.41) is 15.4. The van der Waals surface area contributed by atoms with Crippen molar-refractivity contribution in [3.63, 3.8) is 0 Å². The van der Waals surface area contributed by atoms with E-state index < -0.39 is 0 Å². The van der Waals surface area contributed by atoms with Crippen molar-refractivity contribution in [3.05, 3.63) is 37.9 Å². The molecule has 3 rings (SSSR count). The maximum absolute atomic E-state index is 12.5. The van der Waals surface area contributed by atoms with E-state index in [1.807, 2.05) is 7.05 Å². The van der Waals surface area contributed by atoms with E-state index in [0.717, 1.165) is 41.3 Å². The van der Waals surface area contributed by atoms with Gasteiger partial charge in [-0.2, -0.15) is 5.26 Å². The van der Waals surface area contributed by atoms with Crippen molar-refractivity contribution < 1.29 is 9.69 Å². The quantitative estimate of drug-likeness (QED) is 0.845. The number of amides is 1. The van der Waals surface area contributed by atoms with Crippen molar-refractivity contribution in [2.75, 3.05) is 18.9 Å². The van der Waals surface area contributed by atoms with Crippen molar-refractivity contribution in [2.24, 2.45) is 5.92 Å². The summed E-state index contributed by atoms with van der Waals surface area (Å²) in [6, 6.07) is 4.43. The van der Waals surface area contributed by atoms with Gasteiger partial charge in [-0.25, -0.2) is 0 Å². The van der Waals surface area contributed by atoms with Crippen molar-refractivity contribution in [2.45, 2.75) is 39.7 Å². The minimum atomic E-state index is -0.0187. The summed E-state index contributed by atoms with van der Waals surface area (Å²) >= 11 is 3.33. The molecule has 1 unspecified atom stereocenters. The van der Waals surface area contributed by atoms with Gasteiger partial charge in [0.1, 0.15) is 17.6 Å². The number of rotatable bonds is 5. The van der Waals surface area contributed by atoms with Crippen LogP contribution in [0.15, 0.2) is 11.4 Å². The first-order chi connectivity index (χ1) is 12.0. The van der Waals surface area contributed by atoms with Gasteiger partial charge in [0.25, 0.3) is 5.91 Å². The molecular formula is C19H24N3OS2+. The van der Waals surface area contributed by atoms with E-state index in [1.165, 1.54) is 15.3 Å². The molecular weight excluding hydrogens is 350 g/mol. The highest BCUT2D eigenvalue weighted by Crippen LogP contribution is 2.39. The zero-order chi connectivity index (χ0) is 18.0. The standard InChI is InChI=1S/C19H23N3OS2/c1-12-4-5-14-15(9-20)19(25-16(14)8-12)21-18(23)11-22(3)10-17-13(2)6-7-24-17/h6-7,12H,4-5,8,10-11H2,1-3H3,(H,21,23)/p+1/t12-/m0/s1. The van der Waals surface area contributed by atoms with Crippen LogP contribution in [0.1, 0.15) is 39.8 Å². The van der Waals surface area contributed by atoms with Crippen LogP contribution in [0.5, 0.6) is 0 Å². The van der Waals surface area contributed by atoms with Crippen molar-refractivity contribution in [1.29, 1.82) is 5.26 Å². The molecule has 6 heteroatoms. The summed E-state index contributed by atoms with van der Waals surface area (Å²) in [5.74, 6) is 0.640. The number of fused-ring (bicyclic) bond motifs is 1. The molecule has 1 amide bonds. The minimum absolute atomic E-state index is 0.0187. The van der Waals surface area contributed by atoms with Gasteiger partial charge < -0.3 is 10.2 Å². The Morgan fingerprint density at radius 2 is 2.32 bits per heavy atom. The van der Waals surface area contributed by atoms with Crippen LogP contribution in [0.2, 0.25) is 0 Å². The van der Waals surface area contributed by atoms with Gasteiger partial charge in [-0.15, -0.1) is 22.7 Å². The molecule has 0 spiro atoms. The summed E-state index contributed by atoms with van der Waals surface area (Å²) in [7, 11) is 2.03. The number of likely N-dealkylation sites (N-methyl/N-ethyl adjacent to an activating group) is 1. The smallest absolute Gasteiger partial charge is 0.280 e. The van der Waals surface area contributed by atoms with E-state index in [-0.39, 0.29) is 5.91 Å². The summed E-state index contributed by atoms with van der Waals surface area (Å²) < 4.78 is 0. The van der Waals surface area contributed by atoms with Crippen LogP contribution in [0.3, 0.4) is 0 Å². The third-order valence-electron chi connectivity index (χ3n) is 4.77. The van der Waals surface area contributed by atoms with Crippen molar-refractivity contribution >= 4 is 33.6 Å². The SMILES string of the molecule is Cc1ccsc1C[NH+](C)CC(=O)Nc1sc2c(c1C#N)CC[C@H](C)C2. The normalized spacial score (nSPS) is 17.6. The molecule has 132 valence electrons. The van der Waals surface area contributed by atoms with Crippen LogP contribution in [0, 0.1) is 24.2 Å². The topological polar surface area (TPSA) is 57.3 Å².